The van der Waals surface area contributed by atoms with Crippen molar-refractivity contribution in [2.24, 2.45) is 0 Å². The van der Waals surface area contributed by atoms with Gasteiger partial charge in [0.25, 0.3) is 5.91 Å². The molecule has 0 radical (unpaired) electrons. The minimum absolute atomic E-state index is 0.0983. The van der Waals surface area contributed by atoms with Crippen molar-refractivity contribution in [1.29, 1.82) is 0 Å². The molecule has 6 heteroatoms. The Morgan fingerprint density at radius 3 is 2.53 bits per heavy atom. The molecule has 0 aliphatic carbocycles. The van der Waals surface area contributed by atoms with Crippen molar-refractivity contribution in [1.82, 2.24) is 0 Å². The lowest BCUT2D eigenvalue weighted by molar-refractivity contribution is -0.118. The molecular weight excluding hydrogens is 400 g/mol. The average molecular weight is 423 g/mol. The Morgan fingerprint density at radius 1 is 1.00 bits per heavy atom. The van der Waals surface area contributed by atoms with Crippen LogP contribution in [0.3, 0.4) is 0 Å². The summed E-state index contributed by atoms with van der Waals surface area (Å²) >= 11 is 6.18. The van der Waals surface area contributed by atoms with Crippen LogP contribution in [0.2, 0.25) is 5.02 Å². The Hall–Kier alpha value is -3.02. The number of rotatable bonds is 6. The largest absolute Gasteiger partial charge is 0.483 e. The molecule has 5 nitrogen and oxygen atoms in total. The van der Waals surface area contributed by atoms with Gasteiger partial charge in [-0.05, 0) is 29.8 Å². The molecule has 0 aromatic heterocycles. The highest BCUT2D eigenvalue weighted by atomic mass is 35.5. The van der Waals surface area contributed by atoms with Crippen molar-refractivity contribution in [2.45, 2.75) is 0 Å². The third-order valence-electron chi connectivity index (χ3n) is 4.92. The van der Waals surface area contributed by atoms with Gasteiger partial charge in [-0.15, -0.1) is 0 Å². The Bertz CT molecular complexity index is 1000. The lowest BCUT2D eigenvalue weighted by Gasteiger charge is -2.30. The monoisotopic (exact) mass is 422 g/mol. The maximum absolute atomic E-state index is 12.7. The molecule has 1 aliphatic rings. The maximum atomic E-state index is 12.7. The summed E-state index contributed by atoms with van der Waals surface area (Å²) in [6, 6.07) is 23.2. The van der Waals surface area contributed by atoms with E-state index < -0.39 is 0 Å². The van der Waals surface area contributed by atoms with Crippen LogP contribution in [0, 0.1) is 0 Å². The van der Waals surface area contributed by atoms with E-state index in [2.05, 4.69) is 10.2 Å². The van der Waals surface area contributed by atoms with Crippen LogP contribution in [-0.2, 0) is 9.53 Å². The van der Waals surface area contributed by atoms with Crippen molar-refractivity contribution in [3.63, 3.8) is 0 Å². The number of carbonyl (C=O) groups is 1. The van der Waals surface area contributed by atoms with E-state index in [-0.39, 0.29) is 12.5 Å². The predicted octanol–water partition coefficient (Wildman–Crippen LogP) is 4.86. The number of benzene rings is 3. The molecule has 30 heavy (non-hydrogen) atoms. The quantitative estimate of drug-likeness (QED) is 0.616. The van der Waals surface area contributed by atoms with Crippen LogP contribution in [0.5, 0.6) is 5.75 Å². The first-order valence-corrected chi connectivity index (χ1v) is 10.3. The summed E-state index contributed by atoms with van der Waals surface area (Å²) in [5.41, 5.74) is 3.59. The second kappa shape index (κ2) is 9.65. The average Bonchev–Trinajstić information content (AvgIpc) is 2.79. The summed E-state index contributed by atoms with van der Waals surface area (Å²) in [6.07, 6.45) is 0. The molecule has 3 aromatic carbocycles. The van der Waals surface area contributed by atoms with E-state index in [4.69, 9.17) is 21.1 Å². The highest BCUT2D eigenvalue weighted by molar-refractivity contribution is 6.31. The summed E-state index contributed by atoms with van der Waals surface area (Å²) in [4.78, 5) is 14.8. The molecule has 4 rings (SSSR count). The summed E-state index contributed by atoms with van der Waals surface area (Å²) in [7, 11) is 0. The second-order valence-electron chi connectivity index (χ2n) is 6.96. The van der Waals surface area contributed by atoms with E-state index in [9.17, 15) is 4.79 Å². The molecule has 1 fully saturated rings. The number of nitrogens with one attached hydrogen (secondary N) is 1. The van der Waals surface area contributed by atoms with Gasteiger partial charge in [-0.2, -0.15) is 0 Å². The number of ether oxygens (including phenoxy) is 2. The first-order chi connectivity index (χ1) is 14.7. The molecule has 0 saturated carbocycles. The Morgan fingerprint density at radius 2 is 1.73 bits per heavy atom. The minimum atomic E-state index is -0.241. The first kappa shape index (κ1) is 20.3. The van der Waals surface area contributed by atoms with Gasteiger partial charge in [-0.3, -0.25) is 4.79 Å². The van der Waals surface area contributed by atoms with E-state index >= 15 is 0 Å². The molecule has 3 aromatic rings. The summed E-state index contributed by atoms with van der Waals surface area (Å²) in [5, 5.41) is 3.51. The molecule has 154 valence electrons. The van der Waals surface area contributed by atoms with E-state index in [0.717, 1.165) is 29.9 Å². The third kappa shape index (κ3) is 4.93. The van der Waals surface area contributed by atoms with Crippen molar-refractivity contribution in [3.8, 4) is 16.9 Å². The van der Waals surface area contributed by atoms with Crippen molar-refractivity contribution >= 4 is 28.9 Å². The maximum Gasteiger partial charge on any atom is 0.262 e. The molecule has 1 saturated heterocycles. The van der Waals surface area contributed by atoms with Gasteiger partial charge < -0.3 is 19.7 Å². The SMILES string of the molecule is O=C(COc1ccccc1-c1ccccc1)Nc1cc(Cl)ccc1N1CCOCC1. The zero-order valence-corrected chi connectivity index (χ0v) is 17.3. The fourth-order valence-corrected chi connectivity index (χ4v) is 3.64. The van der Waals surface area contributed by atoms with E-state index in [1.165, 1.54) is 0 Å². The minimum Gasteiger partial charge on any atom is -0.483 e. The number of para-hydroxylation sites is 1. The summed E-state index contributed by atoms with van der Waals surface area (Å²) in [6.45, 7) is 2.76. The van der Waals surface area contributed by atoms with E-state index in [1.54, 1.807) is 6.07 Å². The number of hydrogen-bond donors (Lipinski definition) is 1. The highest BCUT2D eigenvalue weighted by Gasteiger charge is 2.17. The lowest BCUT2D eigenvalue weighted by atomic mass is 10.1. The lowest BCUT2D eigenvalue weighted by Crippen LogP contribution is -2.37. The van der Waals surface area contributed by atoms with Gasteiger partial charge in [-0.25, -0.2) is 0 Å². The molecule has 0 unspecified atom stereocenters. The van der Waals surface area contributed by atoms with Crippen LogP contribution in [0.25, 0.3) is 11.1 Å². The van der Waals surface area contributed by atoms with E-state index in [1.807, 2.05) is 66.7 Å². The standard InChI is InChI=1S/C24H23ClN2O3/c25-19-10-11-22(27-12-14-29-15-13-27)21(16-19)26-24(28)17-30-23-9-5-4-8-20(23)18-6-2-1-3-7-18/h1-11,16H,12-15,17H2,(H,26,28). The normalized spacial score (nSPS) is 13.7. The topological polar surface area (TPSA) is 50.8 Å². The van der Waals surface area contributed by atoms with Crippen LogP contribution >= 0.6 is 11.6 Å². The number of morpholine rings is 1. The number of amides is 1. The second-order valence-corrected chi connectivity index (χ2v) is 7.40. The molecule has 0 spiro atoms. The Kier molecular flexibility index (Phi) is 6.52. The molecule has 1 amide bonds. The zero-order valence-electron chi connectivity index (χ0n) is 16.5. The number of anilines is 2. The molecule has 1 aliphatic heterocycles. The van der Waals surface area contributed by atoms with Gasteiger partial charge in [0.1, 0.15) is 5.75 Å². The van der Waals surface area contributed by atoms with Crippen LogP contribution < -0.4 is 15.0 Å². The van der Waals surface area contributed by atoms with Crippen LogP contribution in [0.4, 0.5) is 11.4 Å². The number of halogens is 1. The van der Waals surface area contributed by atoms with Gasteiger partial charge in [0.15, 0.2) is 6.61 Å². The smallest absolute Gasteiger partial charge is 0.262 e. The van der Waals surface area contributed by atoms with Crippen LogP contribution in [-0.4, -0.2) is 38.8 Å². The summed E-state index contributed by atoms with van der Waals surface area (Å²) in [5.74, 6) is 0.424. The number of hydrogen-bond acceptors (Lipinski definition) is 4. The van der Waals surface area contributed by atoms with Gasteiger partial charge in [0.05, 0.1) is 24.6 Å². The van der Waals surface area contributed by atoms with Gasteiger partial charge >= 0.3 is 0 Å². The van der Waals surface area contributed by atoms with E-state index in [0.29, 0.717) is 29.7 Å². The van der Waals surface area contributed by atoms with Crippen molar-refractivity contribution in [2.75, 3.05) is 43.1 Å². The third-order valence-corrected chi connectivity index (χ3v) is 5.15. The van der Waals surface area contributed by atoms with Crippen LogP contribution in [0.15, 0.2) is 72.8 Å². The number of nitrogens with zero attached hydrogens (tertiary/aromatic N) is 1. The Labute approximate surface area is 181 Å². The molecule has 1 N–H and O–H groups in total. The van der Waals surface area contributed by atoms with Crippen LogP contribution in [0.1, 0.15) is 0 Å². The number of carbonyl (C=O) groups excluding carboxylic acids is 1. The fourth-order valence-electron chi connectivity index (χ4n) is 3.47. The van der Waals surface area contributed by atoms with Gasteiger partial charge in [0.2, 0.25) is 0 Å². The van der Waals surface area contributed by atoms with Crippen molar-refractivity contribution < 1.29 is 14.3 Å². The first-order valence-electron chi connectivity index (χ1n) is 9.90. The molecule has 0 atom stereocenters. The van der Waals surface area contributed by atoms with Crippen molar-refractivity contribution in [3.05, 3.63) is 77.8 Å². The van der Waals surface area contributed by atoms with Gasteiger partial charge in [0, 0.05) is 23.7 Å². The zero-order chi connectivity index (χ0) is 20.8. The van der Waals surface area contributed by atoms with Gasteiger partial charge in [-0.1, -0.05) is 60.1 Å². The predicted molar refractivity (Wildman–Crippen MR) is 120 cm³/mol. The molecule has 1 heterocycles. The fraction of sp³-hybridized carbons (Fsp3) is 0.208. The molecule has 0 bridgehead atoms. The molecular formula is C24H23ClN2O3. The summed E-state index contributed by atoms with van der Waals surface area (Å²) < 4.78 is 11.3. The Balaban J connectivity index is 1.46. The highest BCUT2D eigenvalue weighted by Crippen LogP contribution is 2.31.